The molecule has 1 atom stereocenters. The van der Waals surface area contributed by atoms with Crippen molar-refractivity contribution >= 4 is 10.9 Å². The third-order valence-corrected chi connectivity index (χ3v) is 4.27. The molecule has 0 aliphatic heterocycles. The van der Waals surface area contributed by atoms with Gasteiger partial charge in [0.1, 0.15) is 0 Å². The van der Waals surface area contributed by atoms with Crippen LogP contribution in [0.25, 0.3) is 10.9 Å². The average molecular weight is 315 g/mol. The molecule has 1 heteroatoms. The van der Waals surface area contributed by atoms with Crippen molar-refractivity contribution in [2.45, 2.75) is 33.1 Å². The zero-order chi connectivity index (χ0) is 17.5. The molecule has 0 saturated heterocycles. The second-order valence-corrected chi connectivity index (χ2v) is 6.23. The van der Waals surface area contributed by atoms with E-state index < -0.39 is 0 Å². The Labute approximate surface area is 145 Å². The van der Waals surface area contributed by atoms with E-state index in [-0.39, 0.29) is 0 Å². The van der Waals surface area contributed by atoms with Gasteiger partial charge in [0.15, 0.2) is 0 Å². The van der Waals surface area contributed by atoms with Gasteiger partial charge in [0, 0.05) is 23.1 Å². The van der Waals surface area contributed by atoms with Crippen LogP contribution in [0.15, 0.2) is 66.9 Å². The minimum absolute atomic E-state index is 0.369. The standard InChI is InChI=1S/C23H25N/c1-6-9-21(18(5)7-2)13-17(4)12-20-15-22-14-19(8-3)10-11-23(22)24-16-20/h3,6,10-11,13-16,21H,1,5,7,9,12H2,2,4H3/b17-13+. The van der Waals surface area contributed by atoms with Crippen molar-refractivity contribution in [2.75, 3.05) is 0 Å². The number of fused-ring (bicyclic) bond motifs is 1. The summed E-state index contributed by atoms with van der Waals surface area (Å²) in [6, 6.07) is 8.10. The number of rotatable bonds is 7. The molecule has 0 aliphatic rings. The maximum absolute atomic E-state index is 5.49. The van der Waals surface area contributed by atoms with Crippen LogP contribution in [0.4, 0.5) is 0 Å². The Kier molecular flexibility index (Phi) is 6.15. The molecule has 0 radical (unpaired) electrons. The van der Waals surface area contributed by atoms with Gasteiger partial charge < -0.3 is 0 Å². The summed E-state index contributed by atoms with van der Waals surface area (Å²) in [6.07, 6.45) is 14.5. The third-order valence-electron chi connectivity index (χ3n) is 4.27. The van der Waals surface area contributed by atoms with Gasteiger partial charge in [0.05, 0.1) is 5.52 Å². The van der Waals surface area contributed by atoms with Gasteiger partial charge in [-0.1, -0.05) is 42.7 Å². The second-order valence-electron chi connectivity index (χ2n) is 6.23. The van der Waals surface area contributed by atoms with Gasteiger partial charge >= 0.3 is 0 Å². The lowest BCUT2D eigenvalue weighted by Gasteiger charge is -2.14. The first-order valence-electron chi connectivity index (χ1n) is 8.38. The molecule has 24 heavy (non-hydrogen) atoms. The Morgan fingerprint density at radius 1 is 1.38 bits per heavy atom. The van der Waals surface area contributed by atoms with Crippen LogP contribution in [0.1, 0.15) is 37.8 Å². The van der Waals surface area contributed by atoms with Gasteiger partial charge in [-0.05, 0) is 56.0 Å². The van der Waals surface area contributed by atoms with E-state index in [1.165, 1.54) is 16.7 Å². The molecular formula is C23H25N. The Hall–Kier alpha value is -2.59. The maximum Gasteiger partial charge on any atom is 0.0703 e. The molecule has 0 amide bonds. The van der Waals surface area contributed by atoms with Gasteiger partial charge in [-0.15, -0.1) is 13.0 Å². The quantitative estimate of drug-likeness (QED) is 0.460. The number of terminal acetylenes is 1. The van der Waals surface area contributed by atoms with E-state index in [1.54, 1.807) is 0 Å². The van der Waals surface area contributed by atoms with Crippen molar-refractivity contribution in [1.82, 2.24) is 4.98 Å². The van der Waals surface area contributed by atoms with Crippen LogP contribution in [0.3, 0.4) is 0 Å². The molecule has 0 bridgehead atoms. The Morgan fingerprint density at radius 3 is 2.83 bits per heavy atom. The first kappa shape index (κ1) is 17.8. The number of benzene rings is 1. The largest absolute Gasteiger partial charge is 0.256 e. The van der Waals surface area contributed by atoms with E-state index >= 15 is 0 Å². The zero-order valence-corrected chi connectivity index (χ0v) is 14.7. The summed E-state index contributed by atoms with van der Waals surface area (Å²) in [5, 5.41) is 1.09. The molecule has 1 heterocycles. The minimum Gasteiger partial charge on any atom is -0.256 e. The lowest BCUT2D eigenvalue weighted by atomic mass is 9.91. The fraction of sp³-hybridized carbons (Fsp3) is 0.261. The number of allylic oxidation sites excluding steroid dienone is 4. The van der Waals surface area contributed by atoms with E-state index in [2.05, 4.69) is 50.1 Å². The van der Waals surface area contributed by atoms with Crippen molar-refractivity contribution in [3.8, 4) is 12.3 Å². The summed E-state index contributed by atoms with van der Waals surface area (Å²) in [5.41, 5.74) is 5.64. The van der Waals surface area contributed by atoms with Crippen molar-refractivity contribution in [1.29, 1.82) is 0 Å². The van der Waals surface area contributed by atoms with E-state index in [4.69, 9.17) is 6.42 Å². The highest BCUT2D eigenvalue weighted by molar-refractivity contribution is 5.80. The summed E-state index contributed by atoms with van der Waals surface area (Å²) in [7, 11) is 0. The van der Waals surface area contributed by atoms with Crippen LogP contribution in [0.5, 0.6) is 0 Å². The highest BCUT2D eigenvalue weighted by Gasteiger charge is 2.08. The monoisotopic (exact) mass is 315 g/mol. The van der Waals surface area contributed by atoms with E-state index in [1.807, 2.05) is 30.5 Å². The van der Waals surface area contributed by atoms with Gasteiger partial charge in [-0.3, -0.25) is 4.98 Å². The molecule has 0 spiro atoms. The Balaban J connectivity index is 2.24. The van der Waals surface area contributed by atoms with Gasteiger partial charge in [0.25, 0.3) is 0 Å². The van der Waals surface area contributed by atoms with Crippen molar-refractivity contribution in [2.24, 2.45) is 5.92 Å². The first-order chi connectivity index (χ1) is 11.6. The molecule has 2 aromatic rings. The molecule has 0 aliphatic carbocycles. The average Bonchev–Trinajstić information content (AvgIpc) is 2.59. The normalized spacial score (nSPS) is 12.6. The van der Waals surface area contributed by atoms with Crippen molar-refractivity contribution in [3.63, 3.8) is 0 Å². The van der Waals surface area contributed by atoms with Crippen molar-refractivity contribution < 1.29 is 0 Å². The Bertz CT molecular complexity index is 818. The van der Waals surface area contributed by atoms with E-state index in [0.717, 1.165) is 35.7 Å². The topological polar surface area (TPSA) is 12.9 Å². The fourth-order valence-corrected chi connectivity index (χ4v) is 2.88. The van der Waals surface area contributed by atoms with Crippen LogP contribution < -0.4 is 0 Å². The van der Waals surface area contributed by atoms with E-state index in [9.17, 15) is 0 Å². The third kappa shape index (κ3) is 4.46. The predicted molar refractivity (Wildman–Crippen MR) is 105 cm³/mol. The molecular weight excluding hydrogens is 290 g/mol. The maximum atomic E-state index is 5.49. The molecule has 1 nitrogen and oxygen atoms in total. The number of pyridine rings is 1. The van der Waals surface area contributed by atoms with Crippen LogP contribution in [0, 0.1) is 18.3 Å². The predicted octanol–water partition coefficient (Wildman–Crippen LogP) is 5.86. The zero-order valence-electron chi connectivity index (χ0n) is 14.7. The molecule has 2 rings (SSSR count). The summed E-state index contributed by atoms with van der Waals surface area (Å²) >= 11 is 0. The first-order valence-corrected chi connectivity index (χ1v) is 8.38. The minimum atomic E-state index is 0.369. The van der Waals surface area contributed by atoms with Gasteiger partial charge in [-0.25, -0.2) is 0 Å². The lowest BCUT2D eigenvalue weighted by molar-refractivity contribution is 0.735. The van der Waals surface area contributed by atoms with Gasteiger partial charge in [-0.2, -0.15) is 0 Å². The molecule has 1 aromatic carbocycles. The molecule has 1 aromatic heterocycles. The summed E-state index contributed by atoms with van der Waals surface area (Å²) in [4.78, 5) is 4.55. The summed E-state index contributed by atoms with van der Waals surface area (Å²) in [6.45, 7) is 12.4. The lowest BCUT2D eigenvalue weighted by Crippen LogP contribution is -2.00. The van der Waals surface area contributed by atoms with Gasteiger partial charge in [0.2, 0.25) is 0 Å². The molecule has 122 valence electrons. The number of hydrogen-bond acceptors (Lipinski definition) is 1. The summed E-state index contributed by atoms with van der Waals surface area (Å²) < 4.78 is 0. The van der Waals surface area contributed by atoms with Crippen molar-refractivity contribution in [3.05, 3.63) is 78.0 Å². The summed E-state index contributed by atoms with van der Waals surface area (Å²) in [5.74, 6) is 3.05. The van der Waals surface area contributed by atoms with Crippen LogP contribution in [-0.2, 0) is 6.42 Å². The van der Waals surface area contributed by atoms with Crippen LogP contribution >= 0.6 is 0 Å². The second kappa shape index (κ2) is 8.31. The fourth-order valence-electron chi connectivity index (χ4n) is 2.88. The molecule has 1 unspecified atom stereocenters. The Morgan fingerprint density at radius 2 is 2.17 bits per heavy atom. The molecule has 0 saturated carbocycles. The van der Waals surface area contributed by atoms with Crippen LogP contribution in [-0.4, -0.2) is 4.98 Å². The highest BCUT2D eigenvalue weighted by Crippen LogP contribution is 2.22. The highest BCUT2D eigenvalue weighted by atomic mass is 14.6. The number of hydrogen-bond donors (Lipinski definition) is 0. The molecule has 0 fully saturated rings. The van der Waals surface area contributed by atoms with Crippen LogP contribution in [0.2, 0.25) is 0 Å². The molecule has 0 N–H and O–H groups in total. The van der Waals surface area contributed by atoms with E-state index in [0.29, 0.717) is 5.92 Å². The number of aromatic nitrogens is 1. The smallest absolute Gasteiger partial charge is 0.0703 e. The SMILES string of the molecule is C#Cc1ccc2ncc(C/C(C)=C/C(CC=C)C(=C)CC)cc2c1. The number of nitrogens with zero attached hydrogens (tertiary/aromatic N) is 1.